The zero-order valence-corrected chi connectivity index (χ0v) is 13.4. The van der Waals surface area contributed by atoms with Crippen LogP contribution in [-0.4, -0.2) is 0 Å². The molecule has 0 aliphatic heterocycles. The largest absolute Gasteiger partial charge is 0.0622 e. The Bertz CT molecular complexity index is 180. The molecule has 1 rings (SSSR count). The molecule has 0 amide bonds. The van der Waals surface area contributed by atoms with Gasteiger partial charge in [-0.25, -0.2) is 0 Å². The molecule has 108 valence electrons. The first-order valence-corrected chi connectivity index (χ1v) is 8.59. The lowest BCUT2D eigenvalue weighted by molar-refractivity contribution is 0.0770. The third-order valence-corrected chi connectivity index (χ3v) is 5.58. The Balaban J connectivity index is 2.63. The molecule has 0 nitrogen and oxygen atoms in total. The van der Waals surface area contributed by atoms with Gasteiger partial charge >= 0.3 is 0 Å². The van der Waals surface area contributed by atoms with Gasteiger partial charge in [0.15, 0.2) is 0 Å². The molecule has 1 aliphatic rings. The van der Waals surface area contributed by atoms with Crippen LogP contribution in [0.25, 0.3) is 0 Å². The molecule has 1 fully saturated rings. The van der Waals surface area contributed by atoms with Crippen LogP contribution in [0.1, 0.15) is 98.3 Å². The van der Waals surface area contributed by atoms with Crippen molar-refractivity contribution in [3.63, 3.8) is 0 Å². The van der Waals surface area contributed by atoms with Gasteiger partial charge in [-0.3, -0.25) is 0 Å². The summed E-state index contributed by atoms with van der Waals surface area (Å²) in [5, 5.41) is 0. The predicted molar refractivity (Wildman–Crippen MR) is 82.9 cm³/mol. The molecule has 0 aromatic heterocycles. The summed E-state index contributed by atoms with van der Waals surface area (Å²) >= 11 is 0. The topological polar surface area (TPSA) is 0 Å². The molecule has 0 N–H and O–H groups in total. The molecule has 0 bridgehead atoms. The molecule has 18 heavy (non-hydrogen) atoms. The van der Waals surface area contributed by atoms with Gasteiger partial charge in [-0.15, -0.1) is 0 Å². The number of hydrogen-bond donors (Lipinski definition) is 0. The zero-order valence-electron chi connectivity index (χ0n) is 13.4. The minimum Gasteiger partial charge on any atom is -0.0622 e. The Morgan fingerprint density at radius 3 is 1.06 bits per heavy atom. The van der Waals surface area contributed by atoms with Gasteiger partial charge in [0.25, 0.3) is 0 Å². The minimum absolute atomic E-state index is 0.624. The number of rotatable bonds is 2. The summed E-state index contributed by atoms with van der Waals surface area (Å²) < 4.78 is 0. The fraction of sp³-hybridized carbons (Fsp3) is 1.00. The van der Waals surface area contributed by atoms with Gasteiger partial charge < -0.3 is 0 Å². The highest BCUT2D eigenvalue weighted by Gasteiger charge is 2.35. The average molecular weight is 252 g/mol. The SMILES string of the molecule is CC(C)C1(C(C)C)CCCCCCCCCCC1. The standard InChI is InChI=1S/C18H36/c1-16(2)18(17(3)4)14-12-10-8-6-5-7-9-11-13-15-18/h16-17H,5-15H2,1-4H3. The van der Waals surface area contributed by atoms with Crippen LogP contribution in [0.4, 0.5) is 0 Å². The van der Waals surface area contributed by atoms with Crippen LogP contribution in [0.3, 0.4) is 0 Å². The summed E-state index contributed by atoms with van der Waals surface area (Å²) in [6, 6.07) is 0. The maximum Gasteiger partial charge on any atom is -0.0251 e. The van der Waals surface area contributed by atoms with Crippen LogP contribution < -0.4 is 0 Å². The predicted octanol–water partition coefficient (Wildman–Crippen LogP) is 6.59. The third-order valence-electron chi connectivity index (χ3n) is 5.58. The van der Waals surface area contributed by atoms with E-state index in [0.717, 1.165) is 11.8 Å². The van der Waals surface area contributed by atoms with Gasteiger partial charge in [0.05, 0.1) is 0 Å². The summed E-state index contributed by atoms with van der Waals surface area (Å²) in [6.07, 6.45) is 16.2. The van der Waals surface area contributed by atoms with E-state index >= 15 is 0 Å². The smallest absolute Gasteiger partial charge is 0.0251 e. The molecule has 1 saturated carbocycles. The summed E-state index contributed by atoms with van der Waals surface area (Å²) in [5.41, 5.74) is 0.624. The summed E-state index contributed by atoms with van der Waals surface area (Å²) in [4.78, 5) is 0. The molecule has 0 saturated heterocycles. The van der Waals surface area contributed by atoms with Crippen LogP contribution in [0.2, 0.25) is 0 Å². The van der Waals surface area contributed by atoms with Crippen molar-refractivity contribution in [3.05, 3.63) is 0 Å². The quantitative estimate of drug-likeness (QED) is 0.520. The normalized spacial score (nSPS) is 23.7. The summed E-state index contributed by atoms with van der Waals surface area (Å²) in [5.74, 6) is 1.70. The second-order valence-corrected chi connectivity index (χ2v) is 7.22. The third kappa shape index (κ3) is 4.59. The van der Waals surface area contributed by atoms with E-state index in [1.807, 2.05) is 0 Å². The average Bonchev–Trinajstić information content (AvgIpc) is 2.29. The second-order valence-electron chi connectivity index (χ2n) is 7.22. The van der Waals surface area contributed by atoms with Crippen molar-refractivity contribution in [2.45, 2.75) is 98.3 Å². The molecule has 0 spiro atoms. The Labute approximate surface area is 116 Å². The molecule has 0 unspecified atom stereocenters. The highest BCUT2D eigenvalue weighted by molar-refractivity contribution is 4.85. The fourth-order valence-corrected chi connectivity index (χ4v) is 4.09. The lowest BCUT2D eigenvalue weighted by Gasteiger charge is -2.42. The van der Waals surface area contributed by atoms with Gasteiger partial charge in [-0.2, -0.15) is 0 Å². The highest BCUT2D eigenvalue weighted by atomic mass is 14.4. The van der Waals surface area contributed by atoms with Gasteiger partial charge in [-0.05, 0) is 30.1 Å². The summed E-state index contributed by atoms with van der Waals surface area (Å²) in [7, 11) is 0. The Hall–Kier alpha value is 0. The highest BCUT2D eigenvalue weighted by Crippen LogP contribution is 2.45. The van der Waals surface area contributed by atoms with E-state index in [1.165, 1.54) is 70.6 Å². The molecule has 0 heteroatoms. The van der Waals surface area contributed by atoms with Gasteiger partial charge in [0, 0.05) is 0 Å². The van der Waals surface area contributed by atoms with Gasteiger partial charge in [0.2, 0.25) is 0 Å². The van der Waals surface area contributed by atoms with E-state index in [-0.39, 0.29) is 0 Å². The molecule has 0 aromatic carbocycles. The van der Waals surface area contributed by atoms with Crippen LogP contribution in [0.5, 0.6) is 0 Å². The zero-order chi connectivity index (χ0) is 13.4. The molecular formula is C18H36. The first kappa shape index (κ1) is 16.1. The first-order chi connectivity index (χ1) is 8.59. The molecular weight excluding hydrogens is 216 g/mol. The lowest BCUT2D eigenvalue weighted by atomic mass is 9.63. The van der Waals surface area contributed by atoms with E-state index < -0.39 is 0 Å². The van der Waals surface area contributed by atoms with Crippen molar-refractivity contribution < 1.29 is 0 Å². The maximum atomic E-state index is 2.46. The lowest BCUT2D eigenvalue weighted by Crippen LogP contribution is -2.33. The van der Waals surface area contributed by atoms with Crippen LogP contribution in [0.15, 0.2) is 0 Å². The van der Waals surface area contributed by atoms with Crippen LogP contribution in [-0.2, 0) is 0 Å². The Morgan fingerprint density at radius 2 is 0.778 bits per heavy atom. The van der Waals surface area contributed by atoms with Gasteiger partial charge in [-0.1, -0.05) is 85.5 Å². The number of hydrogen-bond acceptors (Lipinski definition) is 0. The van der Waals surface area contributed by atoms with Crippen molar-refractivity contribution >= 4 is 0 Å². The molecule has 0 aromatic rings. The Morgan fingerprint density at radius 1 is 0.500 bits per heavy atom. The fourth-order valence-electron chi connectivity index (χ4n) is 4.09. The van der Waals surface area contributed by atoms with Crippen LogP contribution >= 0.6 is 0 Å². The Kier molecular flexibility index (Phi) is 7.34. The van der Waals surface area contributed by atoms with E-state index in [4.69, 9.17) is 0 Å². The van der Waals surface area contributed by atoms with Crippen molar-refractivity contribution in [2.75, 3.05) is 0 Å². The minimum atomic E-state index is 0.624. The maximum absolute atomic E-state index is 2.46. The van der Waals surface area contributed by atoms with Crippen molar-refractivity contribution in [1.82, 2.24) is 0 Å². The molecule has 0 heterocycles. The van der Waals surface area contributed by atoms with Crippen molar-refractivity contribution in [3.8, 4) is 0 Å². The monoisotopic (exact) mass is 252 g/mol. The van der Waals surface area contributed by atoms with E-state index in [0.29, 0.717) is 5.41 Å². The van der Waals surface area contributed by atoms with Crippen molar-refractivity contribution in [1.29, 1.82) is 0 Å². The first-order valence-electron chi connectivity index (χ1n) is 8.59. The molecule has 0 atom stereocenters. The van der Waals surface area contributed by atoms with Gasteiger partial charge in [0.1, 0.15) is 0 Å². The van der Waals surface area contributed by atoms with E-state index in [2.05, 4.69) is 27.7 Å². The van der Waals surface area contributed by atoms with E-state index in [9.17, 15) is 0 Å². The molecule has 1 aliphatic carbocycles. The van der Waals surface area contributed by atoms with E-state index in [1.54, 1.807) is 0 Å². The summed E-state index contributed by atoms with van der Waals surface area (Å²) in [6.45, 7) is 9.86. The van der Waals surface area contributed by atoms with Crippen molar-refractivity contribution in [2.24, 2.45) is 17.3 Å². The second kappa shape index (κ2) is 8.23. The molecule has 0 radical (unpaired) electrons. The van der Waals surface area contributed by atoms with Crippen LogP contribution in [0, 0.1) is 17.3 Å².